The first-order valence-electron chi connectivity index (χ1n) is 8.81. The van der Waals surface area contributed by atoms with Gasteiger partial charge in [-0.25, -0.2) is 0 Å². The summed E-state index contributed by atoms with van der Waals surface area (Å²) < 4.78 is 2.21. The van der Waals surface area contributed by atoms with Crippen molar-refractivity contribution >= 4 is 33.4 Å². The number of rotatable bonds is 6. The highest BCUT2D eigenvalue weighted by Crippen LogP contribution is 2.28. The summed E-state index contributed by atoms with van der Waals surface area (Å²) in [4.78, 5) is 0. The summed E-state index contributed by atoms with van der Waals surface area (Å²) in [5.41, 5.74) is 3.47. The van der Waals surface area contributed by atoms with Crippen LogP contribution < -0.4 is 5.32 Å². The standard InChI is InChI=1S/C22H21ClN2O/c23-17-11-9-16(10-12-17)13-24-14-18(26)15-25-21-7-3-1-5-19(21)20-6-2-4-8-22(20)25/h1-12,18,24,26H,13-15H2/t18-/m1/s1. The molecule has 1 atom stereocenters. The summed E-state index contributed by atoms with van der Waals surface area (Å²) in [7, 11) is 0. The van der Waals surface area contributed by atoms with Gasteiger partial charge < -0.3 is 15.0 Å². The number of benzene rings is 3. The van der Waals surface area contributed by atoms with Gasteiger partial charge in [-0.15, -0.1) is 0 Å². The van der Waals surface area contributed by atoms with Crippen LogP contribution in [-0.4, -0.2) is 22.3 Å². The van der Waals surface area contributed by atoms with Gasteiger partial charge in [-0.3, -0.25) is 0 Å². The van der Waals surface area contributed by atoms with E-state index in [2.05, 4.69) is 46.3 Å². The minimum atomic E-state index is -0.471. The number of aromatic nitrogens is 1. The highest BCUT2D eigenvalue weighted by Gasteiger charge is 2.13. The quantitative estimate of drug-likeness (QED) is 0.524. The summed E-state index contributed by atoms with van der Waals surface area (Å²) >= 11 is 5.91. The van der Waals surface area contributed by atoms with E-state index < -0.39 is 6.10 Å². The van der Waals surface area contributed by atoms with Gasteiger partial charge in [-0.2, -0.15) is 0 Å². The fourth-order valence-electron chi connectivity index (χ4n) is 3.46. The Morgan fingerprint density at radius 2 is 1.42 bits per heavy atom. The van der Waals surface area contributed by atoms with Crippen LogP contribution in [0.5, 0.6) is 0 Å². The van der Waals surface area contributed by atoms with Gasteiger partial charge in [0.2, 0.25) is 0 Å². The van der Waals surface area contributed by atoms with E-state index in [4.69, 9.17) is 11.6 Å². The maximum absolute atomic E-state index is 10.6. The molecule has 26 heavy (non-hydrogen) atoms. The molecule has 0 unspecified atom stereocenters. The number of nitrogens with one attached hydrogen (secondary N) is 1. The second kappa shape index (κ2) is 7.50. The zero-order valence-corrected chi connectivity index (χ0v) is 15.2. The number of nitrogens with zero attached hydrogens (tertiary/aromatic N) is 1. The number of aliphatic hydroxyl groups excluding tert-OH is 1. The third kappa shape index (κ3) is 3.47. The molecule has 0 amide bonds. The maximum Gasteiger partial charge on any atom is 0.0843 e. The molecule has 4 heteroatoms. The van der Waals surface area contributed by atoms with Gasteiger partial charge in [0.25, 0.3) is 0 Å². The molecular weight excluding hydrogens is 344 g/mol. The van der Waals surface area contributed by atoms with Crippen LogP contribution in [0.25, 0.3) is 21.8 Å². The van der Waals surface area contributed by atoms with Crippen LogP contribution in [0.3, 0.4) is 0 Å². The van der Waals surface area contributed by atoms with Gasteiger partial charge in [0, 0.05) is 39.9 Å². The summed E-state index contributed by atoms with van der Waals surface area (Å²) in [5, 5.41) is 17.1. The van der Waals surface area contributed by atoms with E-state index in [0.717, 1.165) is 21.6 Å². The van der Waals surface area contributed by atoms with Crippen molar-refractivity contribution in [2.24, 2.45) is 0 Å². The van der Waals surface area contributed by atoms with E-state index in [-0.39, 0.29) is 0 Å². The molecule has 0 bridgehead atoms. The molecule has 0 aliphatic heterocycles. The molecule has 0 spiro atoms. The monoisotopic (exact) mass is 364 g/mol. The van der Waals surface area contributed by atoms with Gasteiger partial charge >= 0.3 is 0 Å². The highest BCUT2D eigenvalue weighted by atomic mass is 35.5. The molecule has 0 fully saturated rings. The molecule has 2 N–H and O–H groups in total. The number of fused-ring (bicyclic) bond motifs is 3. The van der Waals surface area contributed by atoms with Crippen molar-refractivity contribution in [2.75, 3.05) is 6.54 Å². The third-order valence-electron chi connectivity index (χ3n) is 4.70. The Balaban J connectivity index is 1.48. The first kappa shape index (κ1) is 17.1. The van der Waals surface area contributed by atoms with Gasteiger partial charge in [0.05, 0.1) is 12.6 Å². The summed E-state index contributed by atoms with van der Waals surface area (Å²) in [5.74, 6) is 0. The van der Waals surface area contributed by atoms with E-state index in [1.54, 1.807) is 0 Å². The zero-order chi connectivity index (χ0) is 17.9. The lowest BCUT2D eigenvalue weighted by atomic mass is 10.2. The Bertz CT molecular complexity index is 970. The summed E-state index contributed by atoms with van der Waals surface area (Å²) in [6, 6.07) is 24.5. The van der Waals surface area contributed by atoms with Crippen LogP contribution in [0.4, 0.5) is 0 Å². The number of hydrogen-bond donors (Lipinski definition) is 2. The lowest BCUT2D eigenvalue weighted by molar-refractivity contribution is 0.154. The van der Waals surface area contributed by atoms with Crippen LogP contribution in [0.15, 0.2) is 72.8 Å². The molecule has 4 aromatic rings. The lowest BCUT2D eigenvalue weighted by Gasteiger charge is -2.15. The van der Waals surface area contributed by atoms with Crippen molar-refractivity contribution in [3.05, 3.63) is 83.4 Å². The molecule has 0 saturated carbocycles. The van der Waals surface area contributed by atoms with Crippen molar-refractivity contribution in [2.45, 2.75) is 19.2 Å². The third-order valence-corrected chi connectivity index (χ3v) is 4.95. The van der Waals surface area contributed by atoms with E-state index in [1.807, 2.05) is 36.4 Å². The Kier molecular flexibility index (Phi) is 4.93. The van der Waals surface area contributed by atoms with Gasteiger partial charge in [0.15, 0.2) is 0 Å². The number of halogens is 1. The fourth-order valence-corrected chi connectivity index (χ4v) is 3.59. The molecule has 1 aromatic heterocycles. The van der Waals surface area contributed by atoms with Crippen molar-refractivity contribution in [1.29, 1.82) is 0 Å². The molecule has 0 aliphatic carbocycles. The molecule has 3 nitrogen and oxygen atoms in total. The average molecular weight is 365 g/mol. The molecule has 0 saturated heterocycles. The van der Waals surface area contributed by atoms with Crippen LogP contribution in [0.1, 0.15) is 5.56 Å². The predicted molar refractivity (Wildman–Crippen MR) is 109 cm³/mol. The fraction of sp³-hybridized carbons (Fsp3) is 0.182. The van der Waals surface area contributed by atoms with Gasteiger partial charge in [-0.05, 0) is 29.8 Å². The van der Waals surface area contributed by atoms with Crippen LogP contribution >= 0.6 is 11.6 Å². The number of hydrogen-bond acceptors (Lipinski definition) is 2. The Morgan fingerprint density at radius 3 is 2.04 bits per heavy atom. The van der Waals surface area contributed by atoms with E-state index in [1.165, 1.54) is 10.8 Å². The molecule has 3 aromatic carbocycles. The van der Waals surface area contributed by atoms with E-state index in [9.17, 15) is 5.11 Å². The minimum Gasteiger partial charge on any atom is -0.390 e. The first-order chi connectivity index (χ1) is 12.7. The van der Waals surface area contributed by atoms with Crippen LogP contribution in [0.2, 0.25) is 5.02 Å². The predicted octanol–water partition coefficient (Wildman–Crippen LogP) is 4.60. The number of aliphatic hydroxyl groups is 1. The van der Waals surface area contributed by atoms with Crippen molar-refractivity contribution in [3.8, 4) is 0 Å². The second-order valence-electron chi connectivity index (χ2n) is 6.56. The van der Waals surface area contributed by atoms with Crippen molar-refractivity contribution in [3.63, 3.8) is 0 Å². The summed E-state index contributed by atoms with van der Waals surface area (Å²) in [6.07, 6.45) is -0.471. The largest absolute Gasteiger partial charge is 0.390 e. The molecular formula is C22H21ClN2O. The van der Waals surface area contributed by atoms with Crippen LogP contribution in [0, 0.1) is 0 Å². The molecule has 1 heterocycles. The normalized spacial score (nSPS) is 12.7. The second-order valence-corrected chi connectivity index (χ2v) is 6.99. The van der Waals surface area contributed by atoms with E-state index >= 15 is 0 Å². The SMILES string of the molecule is O[C@H](CNCc1ccc(Cl)cc1)Cn1c2ccccc2c2ccccc21. The average Bonchev–Trinajstić information content (AvgIpc) is 2.98. The van der Waals surface area contributed by atoms with Gasteiger partial charge in [0.1, 0.15) is 0 Å². The first-order valence-corrected chi connectivity index (χ1v) is 9.19. The summed E-state index contributed by atoms with van der Waals surface area (Å²) in [6.45, 7) is 1.80. The maximum atomic E-state index is 10.6. The minimum absolute atomic E-state index is 0.471. The Morgan fingerprint density at radius 1 is 0.846 bits per heavy atom. The Hall–Kier alpha value is -2.33. The number of para-hydroxylation sites is 2. The van der Waals surface area contributed by atoms with Gasteiger partial charge in [-0.1, -0.05) is 60.1 Å². The molecule has 0 aliphatic rings. The van der Waals surface area contributed by atoms with Crippen molar-refractivity contribution < 1.29 is 5.11 Å². The zero-order valence-electron chi connectivity index (χ0n) is 14.4. The Labute approximate surface area is 157 Å². The topological polar surface area (TPSA) is 37.2 Å². The van der Waals surface area contributed by atoms with Crippen molar-refractivity contribution in [1.82, 2.24) is 9.88 Å². The van der Waals surface area contributed by atoms with E-state index in [0.29, 0.717) is 19.6 Å². The molecule has 4 rings (SSSR count). The lowest BCUT2D eigenvalue weighted by Crippen LogP contribution is -2.29. The smallest absolute Gasteiger partial charge is 0.0843 e. The highest BCUT2D eigenvalue weighted by molar-refractivity contribution is 6.30. The molecule has 0 radical (unpaired) electrons. The van der Waals surface area contributed by atoms with Crippen LogP contribution in [-0.2, 0) is 13.1 Å². The molecule has 132 valence electrons.